The van der Waals surface area contributed by atoms with E-state index in [1.165, 1.54) is 0 Å². The number of benzene rings is 2. The van der Waals surface area contributed by atoms with E-state index in [0.717, 1.165) is 10.9 Å². The summed E-state index contributed by atoms with van der Waals surface area (Å²) in [6.07, 6.45) is 0.265. The quantitative estimate of drug-likeness (QED) is 0.585. The van der Waals surface area contributed by atoms with Crippen LogP contribution in [-0.4, -0.2) is 39.2 Å². The lowest BCUT2D eigenvalue weighted by atomic mass is 10.1. The molecule has 0 aliphatic carbocycles. The molecule has 3 rings (SSSR count). The van der Waals surface area contributed by atoms with Gasteiger partial charge in [0.05, 0.1) is 20.1 Å². The van der Waals surface area contributed by atoms with Crippen molar-refractivity contribution in [3.63, 3.8) is 0 Å². The Morgan fingerprint density at radius 1 is 1.07 bits per heavy atom. The Bertz CT molecular complexity index is 963. The first-order valence-electron chi connectivity index (χ1n) is 8.83. The van der Waals surface area contributed by atoms with Crippen molar-refractivity contribution in [2.45, 2.75) is 6.42 Å². The SMILES string of the molecule is COCCNC(=O)Cc1ccc(NC(=O)c2cc3cccc(OC)c3o2)cc1. The molecule has 0 unspecified atom stereocenters. The van der Waals surface area contributed by atoms with Gasteiger partial charge in [-0.2, -0.15) is 0 Å². The second-order valence-electron chi connectivity index (χ2n) is 6.16. The summed E-state index contributed by atoms with van der Waals surface area (Å²) >= 11 is 0. The Hall–Kier alpha value is -3.32. The zero-order chi connectivity index (χ0) is 19.9. The van der Waals surface area contributed by atoms with Crippen molar-refractivity contribution in [3.05, 3.63) is 59.9 Å². The van der Waals surface area contributed by atoms with Crippen molar-refractivity contribution < 1.29 is 23.5 Å². The summed E-state index contributed by atoms with van der Waals surface area (Å²) in [5, 5.41) is 6.35. The molecule has 0 atom stereocenters. The van der Waals surface area contributed by atoms with E-state index >= 15 is 0 Å². The first-order valence-corrected chi connectivity index (χ1v) is 8.83. The smallest absolute Gasteiger partial charge is 0.291 e. The Morgan fingerprint density at radius 2 is 1.86 bits per heavy atom. The van der Waals surface area contributed by atoms with E-state index in [1.807, 2.05) is 12.1 Å². The molecular formula is C21H22N2O5. The predicted octanol–water partition coefficient (Wildman–Crippen LogP) is 3.00. The van der Waals surface area contributed by atoms with Gasteiger partial charge in [0.2, 0.25) is 5.91 Å². The van der Waals surface area contributed by atoms with E-state index in [0.29, 0.717) is 30.2 Å². The number of hydrogen-bond donors (Lipinski definition) is 2. The Balaban J connectivity index is 1.62. The number of carbonyl (C=O) groups is 2. The van der Waals surface area contributed by atoms with Crippen molar-refractivity contribution in [1.29, 1.82) is 0 Å². The molecule has 0 spiro atoms. The van der Waals surface area contributed by atoms with Crippen LogP contribution in [0, 0.1) is 0 Å². The molecule has 0 bridgehead atoms. The number of nitrogens with one attached hydrogen (secondary N) is 2. The summed E-state index contributed by atoms with van der Waals surface area (Å²) < 4.78 is 15.8. The molecule has 2 N–H and O–H groups in total. The van der Waals surface area contributed by atoms with E-state index in [4.69, 9.17) is 13.9 Å². The van der Waals surface area contributed by atoms with Crippen molar-refractivity contribution in [2.75, 3.05) is 32.7 Å². The highest BCUT2D eigenvalue weighted by Crippen LogP contribution is 2.28. The molecule has 28 heavy (non-hydrogen) atoms. The molecule has 3 aromatic rings. The van der Waals surface area contributed by atoms with E-state index < -0.39 is 0 Å². The number of para-hydroxylation sites is 1. The summed E-state index contributed by atoms with van der Waals surface area (Å²) in [5.41, 5.74) is 1.99. The minimum absolute atomic E-state index is 0.0786. The minimum atomic E-state index is -0.358. The lowest BCUT2D eigenvalue weighted by Crippen LogP contribution is -2.28. The van der Waals surface area contributed by atoms with Gasteiger partial charge in [0.1, 0.15) is 0 Å². The van der Waals surface area contributed by atoms with Crippen LogP contribution < -0.4 is 15.4 Å². The first-order chi connectivity index (χ1) is 13.6. The van der Waals surface area contributed by atoms with Gasteiger partial charge in [0.25, 0.3) is 5.91 Å². The molecule has 2 aromatic carbocycles. The molecule has 0 aliphatic heterocycles. The first kappa shape index (κ1) is 19.4. The summed E-state index contributed by atoms with van der Waals surface area (Å²) in [6.45, 7) is 0.954. The number of rotatable bonds is 8. The van der Waals surface area contributed by atoms with Crippen molar-refractivity contribution >= 4 is 28.5 Å². The Labute approximate surface area is 162 Å². The fourth-order valence-electron chi connectivity index (χ4n) is 2.75. The van der Waals surface area contributed by atoms with Crippen LogP contribution in [0.3, 0.4) is 0 Å². The topological polar surface area (TPSA) is 89.8 Å². The van der Waals surface area contributed by atoms with Crippen molar-refractivity contribution in [2.24, 2.45) is 0 Å². The number of anilines is 1. The van der Waals surface area contributed by atoms with Crippen LogP contribution in [0.5, 0.6) is 5.75 Å². The number of carbonyl (C=O) groups excluding carboxylic acids is 2. The van der Waals surface area contributed by atoms with Crippen LogP contribution in [0.15, 0.2) is 52.9 Å². The molecule has 0 saturated carbocycles. The Morgan fingerprint density at radius 3 is 2.57 bits per heavy atom. The second-order valence-corrected chi connectivity index (χ2v) is 6.16. The fraction of sp³-hybridized carbons (Fsp3) is 0.238. The van der Waals surface area contributed by atoms with Crippen LogP contribution in [0.25, 0.3) is 11.0 Å². The van der Waals surface area contributed by atoms with Crippen molar-refractivity contribution in [3.8, 4) is 5.75 Å². The van der Waals surface area contributed by atoms with Crippen LogP contribution in [0.4, 0.5) is 5.69 Å². The van der Waals surface area contributed by atoms with Gasteiger partial charge in [-0.05, 0) is 29.8 Å². The summed E-state index contributed by atoms with van der Waals surface area (Å²) in [6, 6.07) is 14.2. The van der Waals surface area contributed by atoms with Crippen LogP contribution >= 0.6 is 0 Å². The third-order valence-corrected chi connectivity index (χ3v) is 4.16. The number of ether oxygens (including phenoxy) is 2. The highest BCUT2D eigenvalue weighted by molar-refractivity contribution is 6.05. The summed E-state index contributed by atoms with van der Waals surface area (Å²) in [7, 11) is 3.14. The Kier molecular flexibility index (Phi) is 6.29. The molecule has 7 nitrogen and oxygen atoms in total. The van der Waals surface area contributed by atoms with Gasteiger partial charge in [-0.15, -0.1) is 0 Å². The molecule has 1 aromatic heterocycles. The van der Waals surface area contributed by atoms with Gasteiger partial charge in [0.15, 0.2) is 17.1 Å². The third kappa shape index (κ3) is 4.69. The summed E-state index contributed by atoms with van der Waals surface area (Å²) in [4.78, 5) is 24.3. The molecule has 146 valence electrons. The minimum Gasteiger partial charge on any atom is -0.493 e. The normalized spacial score (nSPS) is 10.6. The molecule has 0 fully saturated rings. The monoisotopic (exact) mass is 382 g/mol. The van der Waals surface area contributed by atoms with Crippen LogP contribution in [0.1, 0.15) is 16.1 Å². The average Bonchev–Trinajstić information content (AvgIpc) is 3.14. The van der Waals surface area contributed by atoms with E-state index in [-0.39, 0.29) is 24.0 Å². The molecule has 2 amide bonds. The molecular weight excluding hydrogens is 360 g/mol. The average molecular weight is 382 g/mol. The highest BCUT2D eigenvalue weighted by Gasteiger charge is 2.15. The van der Waals surface area contributed by atoms with Crippen molar-refractivity contribution in [1.82, 2.24) is 5.32 Å². The van der Waals surface area contributed by atoms with E-state index in [9.17, 15) is 9.59 Å². The lowest BCUT2D eigenvalue weighted by molar-refractivity contribution is -0.120. The maximum atomic E-state index is 12.5. The molecule has 1 heterocycles. The number of hydrogen-bond acceptors (Lipinski definition) is 5. The highest BCUT2D eigenvalue weighted by atomic mass is 16.5. The second kappa shape index (κ2) is 9.05. The van der Waals surface area contributed by atoms with Gasteiger partial charge in [-0.25, -0.2) is 0 Å². The van der Waals surface area contributed by atoms with Gasteiger partial charge in [0, 0.05) is 24.7 Å². The predicted molar refractivity (Wildman–Crippen MR) is 106 cm³/mol. The van der Waals surface area contributed by atoms with Gasteiger partial charge >= 0.3 is 0 Å². The standard InChI is InChI=1S/C21H22N2O5/c1-26-11-10-22-19(24)12-14-6-8-16(9-7-14)23-21(25)18-13-15-4-3-5-17(27-2)20(15)28-18/h3-9,13H,10-12H2,1-2H3,(H,22,24)(H,23,25). The number of amides is 2. The van der Waals surface area contributed by atoms with E-state index in [2.05, 4.69) is 10.6 Å². The zero-order valence-corrected chi connectivity index (χ0v) is 15.8. The molecule has 7 heteroatoms. The maximum Gasteiger partial charge on any atom is 0.291 e. The fourth-order valence-corrected chi connectivity index (χ4v) is 2.75. The van der Waals surface area contributed by atoms with Crippen LogP contribution in [-0.2, 0) is 16.0 Å². The van der Waals surface area contributed by atoms with Gasteiger partial charge < -0.3 is 24.5 Å². The number of methoxy groups -OCH3 is 2. The lowest BCUT2D eigenvalue weighted by Gasteiger charge is -2.06. The number of furan rings is 1. The van der Waals surface area contributed by atoms with E-state index in [1.54, 1.807) is 50.6 Å². The molecule has 0 aliphatic rings. The number of fused-ring (bicyclic) bond motifs is 1. The largest absolute Gasteiger partial charge is 0.493 e. The maximum absolute atomic E-state index is 12.5. The third-order valence-electron chi connectivity index (χ3n) is 4.16. The molecule has 0 saturated heterocycles. The molecule has 0 radical (unpaired) electrons. The zero-order valence-electron chi connectivity index (χ0n) is 15.8. The summed E-state index contributed by atoms with van der Waals surface area (Å²) in [5.74, 6) is 0.333. The van der Waals surface area contributed by atoms with Crippen LogP contribution in [0.2, 0.25) is 0 Å². The van der Waals surface area contributed by atoms with Gasteiger partial charge in [-0.3, -0.25) is 9.59 Å². The van der Waals surface area contributed by atoms with Gasteiger partial charge in [-0.1, -0.05) is 24.3 Å².